The van der Waals surface area contributed by atoms with Crippen LogP contribution in [0.5, 0.6) is 5.75 Å². The zero-order valence-electron chi connectivity index (χ0n) is 32.6. The van der Waals surface area contributed by atoms with Crippen molar-refractivity contribution in [1.82, 2.24) is 4.57 Å². The Hall–Kier alpha value is -4.42. The Bertz CT molecular complexity index is 2100. The molecule has 1 aromatic carbocycles. The van der Waals surface area contributed by atoms with E-state index in [4.69, 9.17) is 28.4 Å². The minimum atomic E-state index is -1.68. The van der Waals surface area contributed by atoms with E-state index in [1.807, 2.05) is 0 Å². The van der Waals surface area contributed by atoms with Gasteiger partial charge in [-0.2, -0.15) is 0 Å². The van der Waals surface area contributed by atoms with Gasteiger partial charge in [-0.1, -0.05) is 27.7 Å². The predicted octanol–water partition coefficient (Wildman–Crippen LogP) is 6.00. The summed E-state index contributed by atoms with van der Waals surface area (Å²) >= 11 is 0. The van der Waals surface area contributed by atoms with Crippen LogP contribution in [0.1, 0.15) is 119 Å². The molecule has 4 heterocycles. The number of ether oxygens (including phenoxy) is 6. The number of hydrogen-bond donors (Lipinski definition) is 0. The summed E-state index contributed by atoms with van der Waals surface area (Å²) in [5.41, 5.74) is -9.66. The van der Waals surface area contributed by atoms with Gasteiger partial charge in [0.25, 0.3) is 5.56 Å². The van der Waals surface area contributed by atoms with Crippen LogP contribution in [0.3, 0.4) is 0 Å². The smallest absolute Gasteiger partial charge is 0.422 e. The first-order chi connectivity index (χ1) is 24.2. The van der Waals surface area contributed by atoms with Gasteiger partial charge in [0.1, 0.15) is 17.0 Å². The molecule has 286 valence electrons. The minimum Gasteiger partial charge on any atom is -0.483 e. The van der Waals surface area contributed by atoms with Crippen LogP contribution in [0.4, 0.5) is 4.79 Å². The van der Waals surface area contributed by atoms with Crippen LogP contribution in [-0.2, 0) is 42.9 Å². The van der Waals surface area contributed by atoms with Crippen molar-refractivity contribution in [1.29, 1.82) is 0 Å². The van der Waals surface area contributed by atoms with Crippen molar-refractivity contribution >= 4 is 40.9 Å². The van der Waals surface area contributed by atoms with E-state index >= 15 is 0 Å². The summed E-state index contributed by atoms with van der Waals surface area (Å²) in [5, 5.41) is 0.443. The minimum absolute atomic E-state index is 0.0340. The standard InChI is InChI=1S/C40H49NO12/c1-20-19-23(42)41(32(47)53-33(2,3)4)25-21(20)13-14-22-24(25)26(48-30(45)39-17-15-37(11,28(43)51-39)35(39,7)8)27(34(5,6)50-22)49-31(46)40-18-16-38(12,29(44)52-40)36(40,9)10/h13-14,19,26-27H,15-18H2,1-12H3/t26-,27-,37+,38+,39-,40-/m1/s1. The number of esters is 4. The van der Waals surface area contributed by atoms with Gasteiger partial charge in [-0.15, -0.1) is 0 Å². The van der Waals surface area contributed by atoms with E-state index in [1.54, 1.807) is 95.2 Å². The van der Waals surface area contributed by atoms with Crippen LogP contribution in [0, 0.1) is 28.6 Å². The van der Waals surface area contributed by atoms with Crippen LogP contribution in [-0.4, -0.2) is 63.0 Å². The molecule has 0 radical (unpaired) electrons. The number of aromatic nitrogens is 1. The largest absolute Gasteiger partial charge is 0.483 e. The third kappa shape index (κ3) is 4.48. The second kappa shape index (κ2) is 10.6. The predicted molar refractivity (Wildman–Crippen MR) is 188 cm³/mol. The molecule has 1 aromatic heterocycles. The van der Waals surface area contributed by atoms with Crippen molar-refractivity contribution in [3.05, 3.63) is 39.7 Å². The lowest BCUT2D eigenvalue weighted by Crippen LogP contribution is -2.58. The van der Waals surface area contributed by atoms with Gasteiger partial charge in [0.2, 0.25) is 11.2 Å². The number of nitrogens with zero attached hydrogens (tertiary/aromatic N) is 1. The van der Waals surface area contributed by atoms with Gasteiger partial charge in [0, 0.05) is 22.3 Å². The highest BCUT2D eigenvalue weighted by atomic mass is 16.7. The second-order valence-electron chi connectivity index (χ2n) is 18.6. The molecule has 2 aromatic rings. The lowest BCUT2D eigenvalue weighted by molar-refractivity contribution is -0.217. The summed E-state index contributed by atoms with van der Waals surface area (Å²) in [4.78, 5) is 83.5. The van der Waals surface area contributed by atoms with Crippen LogP contribution in [0.25, 0.3) is 10.9 Å². The van der Waals surface area contributed by atoms with Gasteiger partial charge in [-0.3, -0.25) is 14.4 Å². The molecule has 13 nitrogen and oxygen atoms in total. The monoisotopic (exact) mass is 735 g/mol. The first kappa shape index (κ1) is 36.9. The molecule has 2 saturated carbocycles. The molecule has 0 amide bonds. The summed E-state index contributed by atoms with van der Waals surface area (Å²) in [6.07, 6.45) is -2.76. The van der Waals surface area contributed by atoms with E-state index in [1.165, 1.54) is 6.07 Å². The van der Waals surface area contributed by atoms with Crippen molar-refractivity contribution < 1.29 is 52.4 Å². The highest BCUT2D eigenvalue weighted by Crippen LogP contribution is 2.67. The van der Waals surface area contributed by atoms with E-state index in [-0.39, 0.29) is 29.7 Å². The summed E-state index contributed by atoms with van der Waals surface area (Å²) in [6, 6.07) is 4.63. The normalized spacial score (nSPS) is 34.2. The van der Waals surface area contributed by atoms with E-state index in [2.05, 4.69) is 0 Å². The quantitative estimate of drug-likeness (QED) is 0.266. The molecule has 2 saturated heterocycles. The summed E-state index contributed by atoms with van der Waals surface area (Å²) < 4.78 is 37.8. The molecule has 2 aliphatic carbocycles. The molecule has 0 spiro atoms. The Morgan fingerprint density at radius 2 is 1.26 bits per heavy atom. The topological polar surface area (TPSA) is 163 Å². The molecular formula is C40H49NO12. The third-order valence-corrected chi connectivity index (χ3v) is 13.9. The maximum absolute atomic E-state index is 14.8. The molecule has 4 fully saturated rings. The molecule has 5 aliphatic rings. The lowest BCUT2D eigenvalue weighted by atomic mass is 9.66. The Kier molecular flexibility index (Phi) is 7.40. The summed E-state index contributed by atoms with van der Waals surface area (Å²) in [7, 11) is 0. The first-order valence-electron chi connectivity index (χ1n) is 18.2. The summed E-state index contributed by atoms with van der Waals surface area (Å²) in [6.45, 7) is 20.7. The average molecular weight is 736 g/mol. The Labute approximate surface area is 307 Å². The highest BCUT2D eigenvalue weighted by Gasteiger charge is 2.78. The fourth-order valence-corrected chi connectivity index (χ4v) is 9.45. The number of rotatable bonds is 4. The van der Waals surface area contributed by atoms with Crippen LogP contribution < -0.4 is 10.3 Å². The Morgan fingerprint density at radius 1 is 0.755 bits per heavy atom. The second-order valence-corrected chi connectivity index (χ2v) is 18.6. The van der Waals surface area contributed by atoms with E-state index in [0.29, 0.717) is 23.8 Å². The Balaban J connectivity index is 1.44. The van der Waals surface area contributed by atoms with Gasteiger partial charge in [0.05, 0.1) is 21.9 Å². The lowest BCUT2D eigenvalue weighted by Gasteiger charge is -2.46. The molecule has 6 atom stereocenters. The van der Waals surface area contributed by atoms with Crippen LogP contribution in [0.15, 0.2) is 23.0 Å². The third-order valence-electron chi connectivity index (χ3n) is 13.9. The number of aryl methyl sites for hydroxylation is 1. The zero-order valence-corrected chi connectivity index (χ0v) is 32.6. The van der Waals surface area contributed by atoms with E-state index < -0.39 is 91.8 Å². The molecule has 0 unspecified atom stereocenters. The van der Waals surface area contributed by atoms with Crippen LogP contribution >= 0.6 is 0 Å². The number of benzene rings is 1. The van der Waals surface area contributed by atoms with Crippen molar-refractivity contribution in [2.24, 2.45) is 21.7 Å². The molecular weight excluding hydrogens is 686 g/mol. The number of carbonyl (C=O) groups excluding carboxylic acids is 5. The molecule has 53 heavy (non-hydrogen) atoms. The van der Waals surface area contributed by atoms with Gasteiger partial charge >= 0.3 is 30.0 Å². The van der Waals surface area contributed by atoms with E-state index in [0.717, 1.165) is 4.57 Å². The number of fused-ring (bicyclic) bond motifs is 7. The molecule has 7 rings (SSSR count). The van der Waals surface area contributed by atoms with Crippen molar-refractivity contribution in [3.8, 4) is 5.75 Å². The molecule has 13 heteroatoms. The van der Waals surface area contributed by atoms with Crippen LogP contribution in [0.2, 0.25) is 0 Å². The maximum atomic E-state index is 14.8. The SMILES string of the molecule is Cc1cc(=O)n(C(=O)OC(C)(C)C)c2c3c(ccc12)OC(C)(C)[C@H](OC(=O)[C@@]12CC[C@@](C)(C(=O)O1)C2(C)C)[C@@H]3OC(=O)[C@@]12CC[C@@](C)(C(=O)O1)C2(C)C. The number of pyridine rings is 1. The number of hydrogen-bond acceptors (Lipinski definition) is 12. The first-order valence-corrected chi connectivity index (χ1v) is 18.2. The number of carbonyl (C=O) groups is 5. The molecule has 0 N–H and O–H groups in total. The highest BCUT2D eigenvalue weighted by molar-refractivity contribution is 5.97. The Morgan fingerprint density at radius 3 is 1.72 bits per heavy atom. The summed E-state index contributed by atoms with van der Waals surface area (Å²) in [5.74, 6) is -2.58. The maximum Gasteiger partial charge on any atom is 0.422 e. The zero-order chi connectivity index (χ0) is 39.3. The van der Waals surface area contributed by atoms with Gasteiger partial charge in [-0.25, -0.2) is 19.0 Å². The fourth-order valence-electron chi connectivity index (χ4n) is 9.45. The van der Waals surface area contributed by atoms with Gasteiger partial charge in [0.15, 0.2) is 12.2 Å². The van der Waals surface area contributed by atoms with Gasteiger partial charge < -0.3 is 28.4 Å². The fraction of sp³-hybridized carbons (Fsp3) is 0.650. The van der Waals surface area contributed by atoms with Gasteiger partial charge in [-0.05, 0) is 98.8 Å². The van der Waals surface area contributed by atoms with Crippen molar-refractivity contribution in [2.45, 2.75) is 143 Å². The van der Waals surface area contributed by atoms with Crippen molar-refractivity contribution in [3.63, 3.8) is 0 Å². The van der Waals surface area contributed by atoms with E-state index in [9.17, 15) is 28.8 Å². The average Bonchev–Trinajstić information content (AvgIpc) is 3.49. The van der Waals surface area contributed by atoms with Crippen molar-refractivity contribution in [2.75, 3.05) is 0 Å². The molecule has 3 aliphatic heterocycles. The molecule has 4 bridgehead atoms.